The topological polar surface area (TPSA) is 28.2 Å². The van der Waals surface area contributed by atoms with Gasteiger partial charge in [0.25, 0.3) is 0 Å². The molecule has 70 valence electrons. The van der Waals surface area contributed by atoms with Gasteiger partial charge in [0.15, 0.2) is 0 Å². The van der Waals surface area contributed by atoms with Crippen molar-refractivity contribution in [2.45, 2.75) is 33.1 Å². The van der Waals surface area contributed by atoms with Crippen LogP contribution >= 0.6 is 0 Å². The van der Waals surface area contributed by atoms with Crippen LogP contribution in [0.25, 0.3) is 0 Å². The molecule has 0 aromatic carbocycles. The maximum Gasteiger partial charge on any atom is 0.0799 e. The first-order chi connectivity index (χ1) is 5.86. The Bertz CT molecular complexity index is 110. The van der Waals surface area contributed by atoms with Gasteiger partial charge in [-0.25, -0.2) is 0 Å². The average molecular weight is 168 g/mol. The van der Waals surface area contributed by atoms with E-state index >= 15 is 0 Å². The molecule has 0 aromatic rings. The summed E-state index contributed by atoms with van der Waals surface area (Å²) in [6.45, 7) is 13.6. The van der Waals surface area contributed by atoms with E-state index in [0.29, 0.717) is 0 Å². The minimum Gasteiger partial charge on any atom is -0.512 e. The molecule has 0 amide bonds. The summed E-state index contributed by atoms with van der Waals surface area (Å²) < 4.78 is 0. The molecular formula is C10H20N2. The normalized spacial score (nSPS) is 28.7. The molecule has 1 N–H and O–H groups in total. The van der Waals surface area contributed by atoms with Gasteiger partial charge < -0.3 is 16.7 Å². The van der Waals surface area contributed by atoms with Crippen molar-refractivity contribution >= 4 is 0 Å². The van der Waals surface area contributed by atoms with E-state index in [1.54, 1.807) is 0 Å². The Labute approximate surface area is 76.2 Å². The fourth-order valence-corrected chi connectivity index (χ4v) is 1.92. The zero-order valence-electron chi connectivity index (χ0n) is 8.27. The van der Waals surface area contributed by atoms with Gasteiger partial charge >= 0.3 is 0 Å². The third-order valence-corrected chi connectivity index (χ3v) is 2.80. The number of nitrogens with zero attached hydrogens (tertiary/aromatic N) is 1. The second-order valence-electron chi connectivity index (χ2n) is 3.47. The number of hydrogen-bond acceptors (Lipinski definition) is 1. The van der Waals surface area contributed by atoms with Crippen molar-refractivity contribution in [1.29, 1.82) is 5.26 Å². The Morgan fingerprint density at radius 2 is 2.08 bits per heavy atom. The van der Waals surface area contributed by atoms with Gasteiger partial charge in [-0.2, -0.15) is 0 Å². The number of piperidine rings is 1. The van der Waals surface area contributed by atoms with Crippen LogP contribution < -0.4 is 4.90 Å². The summed E-state index contributed by atoms with van der Waals surface area (Å²) in [5.74, 6) is 1.03. The van der Waals surface area contributed by atoms with E-state index in [9.17, 15) is 0 Å². The first-order valence-electron chi connectivity index (χ1n) is 4.92. The summed E-state index contributed by atoms with van der Waals surface area (Å²) in [5.41, 5.74) is 0. The Hall–Kier alpha value is -0.550. The monoisotopic (exact) mass is 168 g/mol. The van der Waals surface area contributed by atoms with E-state index in [4.69, 9.17) is 11.8 Å². The molecule has 0 bridgehead atoms. The quantitative estimate of drug-likeness (QED) is 0.607. The van der Waals surface area contributed by atoms with Crippen LogP contribution in [-0.4, -0.2) is 19.6 Å². The molecule has 0 saturated carbocycles. The Morgan fingerprint density at radius 3 is 2.58 bits per heavy atom. The fourth-order valence-electron chi connectivity index (χ4n) is 1.92. The number of nitrogens with one attached hydrogen (secondary N) is 1. The van der Waals surface area contributed by atoms with E-state index in [1.165, 1.54) is 38.9 Å². The molecule has 12 heavy (non-hydrogen) atoms. The maximum atomic E-state index is 6.25. The average Bonchev–Trinajstić information content (AvgIpc) is 2.21. The highest BCUT2D eigenvalue weighted by atomic mass is 15.1. The summed E-state index contributed by atoms with van der Waals surface area (Å²) in [7, 11) is 0. The van der Waals surface area contributed by atoms with Crippen LogP contribution in [0.1, 0.15) is 33.1 Å². The third kappa shape index (κ3) is 3.73. The SMILES string of the molecule is CCC1CCC[NH+](CC)C1.[C-]#N. The standard InChI is InChI=1S/C9H19N.CN/c1-3-9-6-5-7-10(4-2)8-9;1-2/h9H,3-8H2,1-2H3;/q;-1/p+1. The largest absolute Gasteiger partial charge is 0.512 e. The van der Waals surface area contributed by atoms with Crippen molar-refractivity contribution in [2.75, 3.05) is 19.6 Å². The molecule has 2 heteroatoms. The molecule has 1 rings (SSSR count). The van der Waals surface area contributed by atoms with E-state index in [1.807, 2.05) is 4.90 Å². The molecule has 0 aliphatic carbocycles. The number of hydrogen-bond donors (Lipinski definition) is 1. The lowest BCUT2D eigenvalue weighted by Crippen LogP contribution is -3.13. The van der Waals surface area contributed by atoms with E-state index in [-0.39, 0.29) is 0 Å². The summed E-state index contributed by atoms with van der Waals surface area (Å²) in [4.78, 5) is 1.82. The lowest BCUT2D eigenvalue weighted by molar-refractivity contribution is -0.907. The predicted molar refractivity (Wildman–Crippen MR) is 49.2 cm³/mol. The second-order valence-corrected chi connectivity index (χ2v) is 3.47. The van der Waals surface area contributed by atoms with Crippen molar-refractivity contribution in [3.8, 4) is 0 Å². The van der Waals surface area contributed by atoms with Gasteiger partial charge in [-0.15, -0.1) is 0 Å². The molecule has 1 aliphatic heterocycles. The van der Waals surface area contributed by atoms with Gasteiger partial charge in [-0.3, -0.25) is 0 Å². The molecule has 1 aliphatic rings. The second kappa shape index (κ2) is 7.12. The van der Waals surface area contributed by atoms with E-state index < -0.39 is 0 Å². The van der Waals surface area contributed by atoms with Gasteiger partial charge in [0.05, 0.1) is 19.6 Å². The van der Waals surface area contributed by atoms with Crippen molar-refractivity contribution in [3.05, 3.63) is 6.57 Å². The molecule has 0 aromatic heterocycles. The number of likely N-dealkylation sites (tertiary alicyclic amines) is 1. The van der Waals surface area contributed by atoms with Crippen LogP contribution in [0.15, 0.2) is 0 Å². The van der Waals surface area contributed by atoms with Crippen molar-refractivity contribution < 1.29 is 4.90 Å². The van der Waals surface area contributed by atoms with Crippen LogP contribution in [0.2, 0.25) is 0 Å². The highest BCUT2D eigenvalue weighted by Gasteiger charge is 2.19. The predicted octanol–water partition coefficient (Wildman–Crippen LogP) is 0.808. The smallest absolute Gasteiger partial charge is 0.0799 e. The molecule has 1 saturated heterocycles. The van der Waals surface area contributed by atoms with Gasteiger partial charge in [0.2, 0.25) is 0 Å². The minimum absolute atomic E-state index is 1.03. The number of rotatable bonds is 2. The molecule has 0 spiro atoms. The summed E-state index contributed by atoms with van der Waals surface area (Å²) >= 11 is 0. The van der Waals surface area contributed by atoms with Crippen molar-refractivity contribution in [1.82, 2.24) is 0 Å². The van der Waals surface area contributed by atoms with Crippen LogP contribution in [0, 0.1) is 17.8 Å². The van der Waals surface area contributed by atoms with Crippen LogP contribution in [0.4, 0.5) is 0 Å². The van der Waals surface area contributed by atoms with Gasteiger partial charge in [-0.1, -0.05) is 6.92 Å². The first-order valence-corrected chi connectivity index (χ1v) is 4.92. The van der Waals surface area contributed by atoms with Crippen LogP contribution in [0.3, 0.4) is 0 Å². The van der Waals surface area contributed by atoms with Crippen LogP contribution in [0.5, 0.6) is 0 Å². The lowest BCUT2D eigenvalue weighted by Gasteiger charge is -2.28. The van der Waals surface area contributed by atoms with Crippen molar-refractivity contribution in [2.24, 2.45) is 5.92 Å². The minimum atomic E-state index is 1.03. The lowest BCUT2D eigenvalue weighted by atomic mass is 9.96. The molecule has 2 atom stereocenters. The van der Waals surface area contributed by atoms with Gasteiger partial charge in [0.1, 0.15) is 0 Å². The highest BCUT2D eigenvalue weighted by molar-refractivity contribution is 4.58. The molecule has 1 heterocycles. The molecular weight excluding hydrogens is 148 g/mol. The maximum absolute atomic E-state index is 6.25. The van der Waals surface area contributed by atoms with E-state index in [0.717, 1.165) is 5.92 Å². The summed E-state index contributed by atoms with van der Waals surface area (Å²) in [5, 5.41) is 6.25. The molecule has 2 nitrogen and oxygen atoms in total. The molecule has 1 fully saturated rings. The van der Waals surface area contributed by atoms with E-state index in [2.05, 4.69) is 13.8 Å². The molecule has 2 unspecified atom stereocenters. The Kier molecular flexibility index (Phi) is 6.79. The van der Waals surface area contributed by atoms with Crippen LogP contribution in [-0.2, 0) is 0 Å². The highest BCUT2D eigenvalue weighted by Crippen LogP contribution is 2.10. The first kappa shape index (κ1) is 11.4. The number of quaternary nitrogens is 1. The Balaban J connectivity index is 0.000000561. The fraction of sp³-hybridized carbons (Fsp3) is 0.900. The van der Waals surface area contributed by atoms with Gasteiger partial charge in [0, 0.05) is 5.92 Å². The van der Waals surface area contributed by atoms with Crippen molar-refractivity contribution in [3.63, 3.8) is 0 Å². The Morgan fingerprint density at radius 1 is 1.42 bits per heavy atom. The molecule has 0 radical (unpaired) electrons. The zero-order chi connectivity index (χ0) is 9.40. The summed E-state index contributed by atoms with van der Waals surface area (Å²) in [6.07, 6.45) is 4.34. The zero-order valence-corrected chi connectivity index (χ0v) is 8.27. The summed E-state index contributed by atoms with van der Waals surface area (Å²) in [6, 6.07) is 0. The van der Waals surface area contributed by atoms with Gasteiger partial charge in [-0.05, 0) is 26.2 Å². The third-order valence-electron chi connectivity index (χ3n) is 2.80.